The Kier molecular flexibility index (Phi) is 7.14. The van der Waals surface area contributed by atoms with Crippen molar-refractivity contribution in [1.82, 2.24) is 0 Å². The molecule has 2 heterocycles. The van der Waals surface area contributed by atoms with Crippen LogP contribution in [0.4, 0.5) is 0 Å². The van der Waals surface area contributed by atoms with Crippen LogP contribution in [0.15, 0.2) is 128 Å². The molecule has 6 heteroatoms. The predicted molar refractivity (Wildman–Crippen MR) is 156 cm³/mol. The summed E-state index contributed by atoms with van der Waals surface area (Å²) in [5.74, 6) is 2.31. The van der Waals surface area contributed by atoms with Crippen LogP contribution in [0.1, 0.15) is 12.8 Å². The highest BCUT2D eigenvalue weighted by molar-refractivity contribution is 5.81. The second kappa shape index (κ2) is 11.3. The zero-order valence-corrected chi connectivity index (χ0v) is 21.7. The molecule has 0 aliphatic rings. The van der Waals surface area contributed by atoms with E-state index in [-0.39, 0.29) is 10.9 Å². The van der Waals surface area contributed by atoms with Gasteiger partial charge in [0.25, 0.3) is 0 Å². The van der Waals surface area contributed by atoms with Gasteiger partial charge in [0, 0.05) is 23.3 Å². The van der Waals surface area contributed by atoms with Gasteiger partial charge in [0.1, 0.15) is 34.2 Å². The summed E-state index contributed by atoms with van der Waals surface area (Å²) >= 11 is 0. The summed E-state index contributed by atoms with van der Waals surface area (Å²) in [6.07, 6.45) is 1.52. The van der Waals surface area contributed by atoms with Crippen molar-refractivity contribution in [3.05, 3.63) is 130 Å². The van der Waals surface area contributed by atoms with Gasteiger partial charge in [-0.05, 0) is 49.2 Å². The van der Waals surface area contributed by atoms with Crippen molar-refractivity contribution in [3.8, 4) is 34.1 Å². The van der Waals surface area contributed by atoms with E-state index in [0.29, 0.717) is 58.2 Å². The van der Waals surface area contributed by atoms with Gasteiger partial charge in [-0.3, -0.25) is 9.59 Å². The SMILES string of the molecule is O=c1cc(-c2ccccc2)oc2ccc(OCCCCOc3ccc4oc(-c5ccccc5)cc(=O)c4c3)cc12. The van der Waals surface area contributed by atoms with Crippen molar-refractivity contribution in [2.75, 3.05) is 13.2 Å². The van der Waals surface area contributed by atoms with E-state index in [1.807, 2.05) is 60.7 Å². The zero-order valence-electron chi connectivity index (χ0n) is 21.7. The summed E-state index contributed by atoms with van der Waals surface area (Å²) in [6, 6.07) is 32.7. The standard InChI is InChI=1S/C34H26O6/c35-29-21-33(23-9-3-1-4-10-23)39-31-15-13-25(19-27(29)31)37-17-7-8-18-38-26-14-16-32-28(20-26)30(36)22-34(40-32)24-11-5-2-6-12-24/h1-6,9-16,19-22H,7-8,17-18H2. The number of hydrogen-bond donors (Lipinski definition) is 0. The van der Waals surface area contributed by atoms with Crippen LogP contribution in [0.25, 0.3) is 44.6 Å². The Morgan fingerprint density at radius 1 is 0.500 bits per heavy atom. The lowest BCUT2D eigenvalue weighted by molar-refractivity contribution is 0.266. The summed E-state index contributed by atoms with van der Waals surface area (Å²) in [6.45, 7) is 0.956. The Morgan fingerprint density at radius 2 is 0.925 bits per heavy atom. The van der Waals surface area contributed by atoms with E-state index < -0.39 is 0 Å². The van der Waals surface area contributed by atoms with Crippen molar-refractivity contribution in [3.63, 3.8) is 0 Å². The van der Waals surface area contributed by atoms with Crippen LogP contribution in [0.5, 0.6) is 11.5 Å². The molecule has 2 aromatic heterocycles. The molecule has 0 bridgehead atoms. The lowest BCUT2D eigenvalue weighted by atomic mass is 10.1. The van der Waals surface area contributed by atoms with Gasteiger partial charge in [0.05, 0.1) is 24.0 Å². The largest absolute Gasteiger partial charge is 0.494 e. The van der Waals surface area contributed by atoms with Gasteiger partial charge in [-0.2, -0.15) is 0 Å². The molecule has 40 heavy (non-hydrogen) atoms. The van der Waals surface area contributed by atoms with Crippen LogP contribution in [-0.2, 0) is 0 Å². The molecule has 0 aliphatic heterocycles. The number of unbranched alkanes of at least 4 members (excludes halogenated alkanes) is 1. The molecule has 0 saturated heterocycles. The minimum atomic E-state index is -0.111. The van der Waals surface area contributed by atoms with Crippen LogP contribution < -0.4 is 20.3 Å². The van der Waals surface area contributed by atoms with Crippen LogP contribution in [0.2, 0.25) is 0 Å². The number of ether oxygens (including phenoxy) is 2. The molecular weight excluding hydrogens is 504 g/mol. The number of rotatable bonds is 9. The molecule has 0 radical (unpaired) electrons. The molecular formula is C34H26O6. The van der Waals surface area contributed by atoms with Gasteiger partial charge in [0.2, 0.25) is 0 Å². The van der Waals surface area contributed by atoms with Crippen LogP contribution >= 0.6 is 0 Å². The van der Waals surface area contributed by atoms with Crippen LogP contribution in [0.3, 0.4) is 0 Å². The maximum atomic E-state index is 12.7. The fraction of sp³-hybridized carbons (Fsp3) is 0.118. The van der Waals surface area contributed by atoms with E-state index in [1.54, 1.807) is 36.4 Å². The molecule has 198 valence electrons. The molecule has 0 N–H and O–H groups in total. The first-order chi connectivity index (χ1) is 19.6. The summed E-state index contributed by atoms with van der Waals surface area (Å²) < 4.78 is 23.6. The maximum absolute atomic E-state index is 12.7. The summed E-state index contributed by atoms with van der Waals surface area (Å²) in [5.41, 5.74) is 2.53. The van der Waals surface area contributed by atoms with Crippen molar-refractivity contribution in [1.29, 1.82) is 0 Å². The average molecular weight is 531 g/mol. The lowest BCUT2D eigenvalue weighted by Crippen LogP contribution is -2.05. The van der Waals surface area contributed by atoms with E-state index in [1.165, 1.54) is 12.1 Å². The quantitative estimate of drug-likeness (QED) is 0.180. The molecule has 0 spiro atoms. The normalized spacial score (nSPS) is 11.1. The molecule has 0 fully saturated rings. The van der Waals surface area contributed by atoms with Gasteiger partial charge in [-0.25, -0.2) is 0 Å². The minimum Gasteiger partial charge on any atom is -0.494 e. The van der Waals surface area contributed by atoms with E-state index in [4.69, 9.17) is 18.3 Å². The molecule has 0 atom stereocenters. The van der Waals surface area contributed by atoms with Gasteiger partial charge in [0.15, 0.2) is 10.9 Å². The third kappa shape index (κ3) is 5.52. The van der Waals surface area contributed by atoms with Gasteiger partial charge in [-0.15, -0.1) is 0 Å². The summed E-state index contributed by atoms with van der Waals surface area (Å²) in [5, 5.41) is 0.967. The van der Waals surface area contributed by atoms with Gasteiger partial charge in [-0.1, -0.05) is 60.7 Å². The van der Waals surface area contributed by atoms with Crippen molar-refractivity contribution >= 4 is 21.9 Å². The Balaban J connectivity index is 1.02. The van der Waals surface area contributed by atoms with E-state index in [2.05, 4.69) is 0 Å². The highest BCUT2D eigenvalue weighted by Crippen LogP contribution is 2.26. The second-order valence-corrected chi connectivity index (χ2v) is 9.40. The summed E-state index contributed by atoms with van der Waals surface area (Å²) in [4.78, 5) is 25.4. The van der Waals surface area contributed by atoms with E-state index in [9.17, 15) is 9.59 Å². The second-order valence-electron chi connectivity index (χ2n) is 9.40. The van der Waals surface area contributed by atoms with Crippen LogP contribution in [-0.4, -0.2) is 13.2 Å². The van der Waals surface area contributed by atoms with Crippen molar-refractivity contribution < 1.29 is 18.3 Å². The van der Waals surface area contributed by atoms with Gasteiger partial charge < -0.3 is 18.3 Å². The van der Waals surface area contributed by atoms with E-state index >= 15 is 0 Å². The first-order valence-electron chi connectivity index (χ1n) is 13.2. The lowest BCUT2D eigenvalue weighted by Gasteiger charge is -2.09. The molecule has 0 saturated carbocycles. The molecule has 6 rings (SSSR count). The third-order valence-electron chi connectivity index (χ3n) is 6.59. The Bertz CT molecular complexity index is 1750. The Morgan fingerprint density at radius 3 is 1.35 bits per heavy atom. The molecule has 0 amide bonds. The fourth-order valence-electron chi connectivity index (χ4n) is 4.52. The van der Waals surface area contributed by atoms with Gasteiger partial charge >= 0.3 is 0 Å². The third-order valence-corrected chi connectivity index (χ3v) is 6.59. The first kappa shape index (κ1) is 25.2. The van der Waals surface area contributed by atoms with Crippen molar-refractivity contribution in [2.24, 2.45) is 0 Å². The number of benzene rings is 4. The highest BCUT2D eigenvalue weighted by Gasteiger charge is 2.10. The monoisotopic (exact) mass is 530 g/mol. The fourth-order valence-corrected chi connectivity index (χ4v) is 4.52. The number of fused-ring (bicyclic) bond motifs is 2. The topological polar surface area (TPSA) is 78.9 Å². The average Bonchev–Trinajstić information content (AvgIpc) is 3.00. The first-order valence-corrected chi connectivity index (χ1v) is 13.2. The number of hydrogen-bond acceptors (Lipinski definition) is 6. The van der Waals surface area contributed by atoms with Crippen LogP contribution in [0, 0.1) is 0 Å². The maximum Gasteiger partial charge on any atom is 0.193 e. The predicted octanol–water partition coefficient (Wildman–Crippen LogP) is 7.47. The van der Waals surface area contributed by atoms with E-state index in [0.717, 1.165) is 24.0 Å². The molecule has 4 aromatic carbocycles. The molecule has 0 unspecified atom stereocenters. The summed E-state index contributed by atoms with van der Waals surface area (Å²) in [7, 11) is 0. The zero-order chi connectivity index (χ0) is 27.3. The Labute approximate surface area is 230 Å². The van der Waals surface area contributed by atoms with Crippen molar-refractivity contribution in [2.45, 2.75) is 12.8 Å². The highest BCUT2D eigenvalue weighted by atomic mass is 16.5. The minimum absolute atomic E-state index is 0.111. The Hall–Kier alpha value is -5.10. The molecule has 6 aromatic rings. The molecule has 6 nitrogen and oxygen atoms in total. The molecule has 0 aliphatic carbocycles. The smallest absolute Gasteiger partial charge is 0.193 e.